The van der Waals surface area contributed by atoms with Crippen molar-refractivity contribution in [2.75, 3.05) is 19.7 Å². The van der Waals surface area contributed by atoms with Crippen molar-refractivity contribution in [1.29, 1.82) is 5.26 Å². The number of nitrogens with two attached hydrogens (primary N) is 1. The van der Waals surface area contributed by atoms with Crippen LogP contribution in [0.15, 0.2) is 0 Å². The maximum absolute atomic E-state index is 11.8. The fourth-order valence-corrected chi connectivity index (χ4v) is 1.60. The van der Waals surface area contributed by atoms with Crippen molar-refractivity contribution < 1.29 is 9.53 Å². The smallest absolute Gasteiger partial charge is 0.239 e. The predicted octanol–water partition coefficient (Wildman–Crippen LogP) is -0.135. The van der Waals surface area contributed by atoms with Crippen molar-refractivity contribution in [3.8, 4) is 6.07 Å². The molecule has 0 radical (unpaired) electrons. The number of rotatable bonds is 3. The van der Waals surface area contributed by atoms with Crippen LogP contribution < -0.4 is 5.73 Å². The van der Waals surface area contributed by atoms with Crippen LogP contribution in [0.25, 0.3) is 0 Å². The van der Waals surface area contributed by atoms with Gasteiger partial charge in [0.1, 0.15) is 0 Å². The fraction of sp³-hybridized carbons (Fsp3) is 0.800. The normalized spacial score (nSPS) is 23.3. The van der Waals surface area contributed by atoms with Crippen molar-refractivity contribution in [2.24, 2.45) is 5.73 Å². The molecule has 5 nitrogen and oxygen atoms in total. The lowest BCUT2D eigenvalue weighted by molar-refractivity contribution is -0.138. The molecule has 1 rings (SSSR count). The van der Waals surface area contributed by atoms with Gasteiger partial charge in [0.2, 0.25) is 5.91 Å². The van der Waals surface area contributed by atoms with Gasteiger partial charge in [-0.2, -0.15) is 5.26 Å². The first kappa shape index (κ1) is 12.0. The highest BCUT2D eigenvalue weighted by Crippen LogP contribution is 2.07. The first-order valence-corrected chi connectivity index (χ1v) is 5.24. The summed E-state index contributed by atoms with van der Waals surface area (Å²) >= 11 is 0. The standard InChI is InChI=1S/C10H17N3O2/c1-2-3-9(12)10(14)13-4-5-15-8(6-11)7-13/h8-9H,2-5,7,12H2,1H3. The van der Waals surface area contributed by atoms with Gasteiger partial charge in [0.25, 0.3) is 0 Å². The van der Waals surface area contributed by atoms with Crippen LogP contribution in [0.2, 0.25) is 0 Å². The van der Waals surface area contributed by atoms with Crippen molar-refractivity contribution in [1.82, 2.24) is 4.90 Å². The second kappa shape index (κ2) is 5.69. The topological polar surface area (TPSA) is 79.3 Å². The van der Waals surface area contributed by atoms with Gasteiger partial charge in [0.15, 0.2) is 6.10 Å². The summed E-state index contributed by atoms with van der Waals surface area (Å²) in [7, 11) is 0. The zero-order valence-corrected chi connectivity index (χ0v) is 8.98. The van der Waals surface area contributed by atoms with Gasteiger partial charge in [-0.1, -0.05) is 13.3 Å². The molecule has 84 valence electrons. The lowest BCUT2D eigenvalue weighted by Gasteiger charge is -2.31. The molecular formula is C10H17N3O2. The maximum atomic E-state index is 11.8. The zero-order chi connectivity index (χ0) is 11.3. The Bertz CT molecular complexity index is 262. The molecule has 0 aromatic heterocycles. The SMILES string of the molecule is CCCC(N)C(=O)N1CCOC(C#N)C1. The van der Waals surface area contributed by atoms with Gasteiger partial charge in [0.05, 0.1) is 25.3 Å². The summed E-state index contributed by atoms with van der Waals surface area (Å²) in [5, 5.41) is 8.69. The molecule has 1 aliphatic rings. The van der Waals surface area contributed by atoms with Gasteiger partial charge in [-0.25, -0.2) is 0 Å². The molecule has 2 unspecified atom stereocenters. The van der Waals surface area contributed by atoms with Crippen molar-refractivity contribution in [3.63, 3.8) is 0 Å². The molecule has 15 heavy (non-hydrogen) atoms. The lowest BCUT2D eigenvalue weighted by Crippen LogP contribution is -2.51. The molecule has 1 heterocycles. The molecule has 0 aromatic carbocycles. The van der Waals surface area contributed by atoms with Crippen LogP contribution in [0, 0.1) is 11.3 Å². The summed E-state index contributed by atoms with van der Waals surface area (Å²) in [6.45, 7) is 3.29. The quantitative estimate of drug-likeness (QED) is 0.705. The van der Waals surface area contributed by atoms with E-state index in [0.717, 1.165) is 6.42 Å². The Morgan fingerprint density at radius 2 is 2.53 bits per heavy atom. The summed E-state index contributed by atoms with van der Waals surface area (Å²) in [5.41, 5.74) is 5.73. The number of hydrogen-bond acceptors (Lipinski definition) is 4. The van der Waals surface area contributed by atoms with Crippen LogP contribution in [0.1, 0.15) is 19.8 Å². The summed E-state index contributed by atoms with van der Waals surface area (Å²) in [6.07, 6.45) is 1.07. The minimum absolute atomic E-state index is 0.0691. The van der Waals surface area contributed by atoms with Gasteiger partial charge in [-0.3, -0.25) is 4.79 Å². The fourth-order valence-electron chi connectivity index (χ4n) is 1.60. The highest BCUT2D eigenvalue weighted by molar-refractivity contribution is 5.81. The Morgan fingerprint density at radius 3 is 3.13 bits per heavy atom. The molecule has 0 spiro atoms. The van der Waals surface area contributed by atoms with Crippen LogP contribution in [-0.4, -0.2) is 42.6 Å². The number of carbonyl (C=O) groups excluding carboxylic acids is 1. The third kappa shape index (κ3) is 3.18. The Kier molecular flexibility index (Phi) is 4.53. The van der Waals surface area contributed by atoms with Crippen LogP contribution in [0.4, 0.5) is 0 Å². The number of nitriles is 1. The number of morpholine rings is 1. The summed E-state index contributed by atoms with van der Waals surface area (Å²) < 4.78 is 5.15. The van der Waals surface area contributed by atoms with Gasteiger partial charge in [0, 0.05) is 6.54 Å². The van der Waals surface area contributed by atoms with E-state index in [1.807, 2.05) is 13.0 Å². The largest absolute Gasteiger partial charge is 0.360 e. The van der Waals surface area contributed by atoms with Crippen LogP contribution in [0.5, 0.6) is 0 Å². The minimum atomic E-state index is -0.503. The number of hydrogen-bond donors (Lipinski definition) is 1. The van der Waals surface area contributed by atoms with E-state index in [1.165, 1.54) is 0 Å². The van der Waals surface area contributed by atoms with E-state index in [1.54, 1.807) is 4.90 Å². The van der Waals surface area contributed by atoms with E-state index < -0.39 is 12.1 Å². The van der Waals surface area contributed by atoms with E-state index in [-0.39, 0.29) is 5.91 Å². The first-order valence-electron chi connectivity index (χ1n) is 5.24. The van der Waals surface area contributed by atoms with Crippen LogP contribution >= 0.6 is 0 Å². The van der Waals surface area contributed by atoms with E-state index in [0.29, 0.717) is 26.1 Å². The first-order chi connectivity index (χ1) is 7.19. The minimum Gasteiger partial charge on any atom is -0.360 e. The Labute approximate surface area is 89.8 Å². The van der Waals surface area contributed by atoms with Gasteiger partial charge >= 0.3 is 0 Å². The third-order valence-corrected chi connectivity index (χ3v) is 2.44. The predicted molar refractivity (Wildman–Crippen MR) is 54.8 cm³/mol. The third-order valence-electron chi connectivity index (χ3n) is 2.44. The summed E-state index contributed by atoms with van der Waals surface area (Å²) in [4.78, 5) is 13.4. The van der Waals surface area contributed by atoms with Crippen molar-refractivity contribution >= 4 is 5.91 Å². The van der Waals surface area contributed by atoms with E-state index in [9.17, 15) is 4.79 Å². The number of ether oxygens (including phenoxy) is 1. The summed E-state index contributed by atoms with van der Waals surface area (Å²) in [6, 6.07) is 1.57. The van der Waals surface area contributed by atoms with Crippen molar-refractivity contribution in [2.45, 2.75) is 31.9 Å². The molecule has 5 heteroatoms. The molecule has 0 aliphatic carbocycles. The molecular weight excluding hydrogens is 194 g/mol. The zero-order valence-electron chi connectivity index (χ0n) is 8.98. The van der Waals surface area contributed by atoms with Gasteiger partial charge in [-0.15, -0.1) is 0 Å². The Hall–Kier alpha value is -1.12. The molecule has 2 N–H and O–H groups in total. The second-order valence-electron chi connectivity index (χ2n) is 3.67. The van der Waals surface area contributed by atoms with Crippen molar-refractivity contribution in [3.05, 3.63) is 0 Å². The highest BCUT2D eigenvalue weighted by atomic mass is 16.5. The number of carbonyl (C=O) groups is 1. The highest BCUT2D eigenvalue weighted by Gasteiger charge is 2.26. The molecule has 2 atom stereocenters. The Balaban J connectivity index is 2.49. The molecule has 0 saturated carbocycles. The molecule has 0 bridgehead atoms. The molecule has 1 fully saturated rings. The number of amides is 1. The molecule has 1 amide bonds. The van der Waals surface area contributed by atoms with Crippen LogP contribution in [-0.2, 0) is 9.53 Å². The summed E-state index contributed by atoms with van der Waals surface area (Å²) in [5.74, 6) is -0.0691. The van der Waals surface area contributed by atoms with E-state index in [4.69, 9.17) is 15.7 Å². The Morgan fingerprint density at radius 1 is 1.80 bits per heavy atom. The average molecular weight is 211 g/mol. The monoisotopic (exact) mass is 211 g/mol. The van der Waals surface area contributed by atoms with Gasteiger partial charge in [-0.05, 0) is 6.42 Å². The molecule has 0 aromatic rings. The van der Waals surface area contributed by atoms with Crippen LogP contribution in [0.3, 0.4) is 0 Å². The maximum Gasteiger partial charge on any atom is 0.239 e. The lowest BCUT2D eigenvalue weighted by atomic mass is 10.1. The molecule has 1 saturated heterocycles. The van der Waals surface area contributed by atoms with Gasteiger partial charge < -0.3 is 15.4 Å². The number of nitrogens with zero attached hydrogens (tertiary/aromatic N) is 2. The molecule has 1 aliphatic heterocycles. The van der Waals surface area contributed by atoms with E-state index >= 15 is 0 Å². The van der Waals surface area contributed by atoms with E-state index in [2.05, 4.69) is 0 Å². The average Bonchev–Trinajstić information content (AvgIpc) is 2.28. The second-order valence-corrected chi connectivity index (χ2v) is 3.67.